The molecule has 1 aliphatic heterocycles. The number of aliphatic hydroxyl groups excluding tert-OH is 1. The number of carbonyl (C=O) groups is 2. The van der Waals surface area contributed by atoms with Crippen LogP contribution in [0.1, 0.15) is 24.2 Å². The Morgan fingerprint density at radius 3 is 2.74 bits per heavy atom. The largest absolute Gasteiger partial charge is 0.481 e. The number of methoxy groups -OCH3 is 1. The van der Waals surface area contributed by atoms with E-state index < -0.39 is 6.10 Å². The van der Waals surface area contributed by atoms with Crippen molar-refractivity contribution in [1.29, 1.82) is 0 Å². The van der Waals surface area contributed by atoms with E-state index in [2.05, 4.69) is 4.98 Å². The van der Waals surface area contributed by atoms with Gasteiger partial charge in [-0.2, -0.15) is 0 Å². The number of rotatable bonds is 4. The molecule has 7 heteroatoms. The number of aliphatic hydroxyl groups is 1. The van der Waals surface area contributed by atoms with Crippen molar-refractivity contribution in [3.05, 3.63) is 23.9 Å². The molecule has 1 aromatic rings. The second kappa shape index (κ2) is 7.41. The first kappa shape index (κ1) is 17.2. The molecule has 2 heterocycles. The highest BCUT2D eigenvalue weighted by molar-refractivity contribution is 5.96. The van der Waals surface area contributed by atoms with Crippen LogP contribution in [0, 0.1) is 5.92 Å². The summed E-state index contributed by atoms with van der Waals surface area (Å²) in [5, 5.41) is 10.1. The second-order valence-corrected chi connectivity index (χ2v) is 6.12. The van der Waals surface area contributed by atoms with Gasteiger partial charge in [-0.3, -0.25) is 9.59 Å². The van der Waals surface area contributed by atoms with Crippen molar-refractivity contribution in [1.82, 2.24) is 14.8 Å². The van der Waals surface area contributed by atoms with Gasteiger partial charge in [-0.05, 0) is 12.0 Å². The summed E-state index contributed by atoms with van der Waals surface area (Å²) in [7, 11) is 1.50. The average molecular weight is 321 g/mol. The zero-order valence-corrected chi connectivity index (χ0v) is 13.7. The molecule has 0 aromatic carbocycles. The Balaban J connectivity index is 2.12. The predicted octanol–water partition coefficient (Wildman–Crippen LogP) is 0.392. The molecule has 2 rings (SSSR count). The van der Waals surface area contributed by atoms with Gasteiger partial charge < -0.3 is 19.6 Å². The van der Waals surface area contributed by atoms with E-state index in [0.717, 1.165) is 0 Å². The lowest BCUT2D eigenvalue weighted by Crippen LogP contribution is -2.40. The second-order valence-electron chi connectivity index (χ2n) is 6.12. The van der Waals surface area contributed by atoms with Crippen LogP contribution in [0.5, 0.6) is 5.88 Å². The van der Waals surface area contributed by atoms with E-state index in [1.54, 1.807) is 17.0 Å². The van der Waals surface area contributed by atoms with E-state index in [-0.39, 0.29) is 31.4 Å². The van der Waals surface area contributed by atoms with Gasteiger partial charge in [0.05, 0.1) is 18.8 Å². The highest BCUT2D eigenvalue weighted by atomic mass is 16.5. The van der Waals surface area contributed by atoms with Crippen LogP contribution in [0.4, 0.5) is 0 Å². The molecule has 126 valence electrons. The number of aromatic nitrogens is 1. The Kier molecular flexibility index (Phi) is 5.54. The Morgan fingerprint density at radius 1 is 1.43 bits per heavy atom. The molecule has 1 aromatic heterocycles. The van der Waals surface area contributed by atoms with Crippen molar-refractivity contribution in [3.8, 4) is 5.88 Å². The maximum absolute atomic E-state index is 12.5. The van der Waals surface area contributed by atoms with Crippen molar-refractivity contribution in [2.75, 3.05) is 33.3 Å². The van der Waals surface area contributed by atoms with E-state index in [4.69, 9.17) is 4.74 Å². The van der Waals surface area contributed by atoms with Crippen LogP contribution < -0.4 is 4.74 Å². The number of pyridine rings is 1. The summed E-state index contributed by atoms with van der Waals surface area (Å²) >= 11 is 0. The van der Waals surface area contributed by atoms with Gasteiger partial charge in [0.2, 0.25) is 11.8 Å². The van der Waals surface area contributed by atoms with Gasteiger partial charge in [0, 0.05) is 31.9 Å². The third-order valence-corrected chi connectivity index (χ3v) is 3.61. The molecular formula is C16H23N3O4. The minimum Gasteiger partial charge on any atom is -0.481 e. The van der Waals surface area contributed by atoms with Crippen molar-refractivity contribution in [3.63, 3.8) is 0 Å². The standard InChI is InChI=1S/C16H23N3O4/c1-11(2)7-18-8-13(20)9-19(10-15(18)21)16(22)12-4-5-14(23-3)17-6-12/h4-6,11,13,20H,7-10H2,1-3H3. The first-order valence-corrected chi connectivity index (χ1v) is 7.66. The average Bonchev–Trinajstić information content (AvgIpc) is 2.65. The maximum Gasteiger partial charge on any atom is 0.255 e. The van der Waals surface area contributed by atoms with Gasteiger partial charge in [-0.25, -0.2) is 4.98 Å². The smallest absolute Gasteiger partial charge is 0.255 e. The van der Waals surface area contributed by atoms with Crippen molar-refractivity contribution in [2.45, 2.75) is 20.0 Å². The Bertz CT molecular complexity index is 559. The zero-order chi connectivity index (χ0) is 17.0. The summed E-state index contributed by atoms with van der Waals surface area (Å²) < 4.78 is 4.96. The fraction of sp³-hybridized carbons (Fsp3) is 0.562. The lowest BCUT2D eigenvalue weighted by molar-refractivity contribution is -0.131. The molecule has 1 aliphatic rings. The third-order valence-electron chi connectivity index (χ3n) is 3.61. The van der Waals surface area contributed by atoms with Crippen molar-refractivity contribution in [2.24, 2.45) is 5.92 Å². The van der Waals surface area contributed by atoms with Crippen LogP contribution in [0.3, 0.4) is 0 Å². The molecule has 1 atom stereocenters. The summed E-state index contributed by atoms with van der Waals surface area (Å²) in [5.74, 6) is 0.250. The van der Waals surface area contributed by atoms with Crippen molar-refractivity contribution < 1.29 is 19.4 Å². The molecule has 0 saturated carbocycles. The van der Waals surface area contributed by atoms with Crippen LogP contribution in [-0.2, 0) is 4.79 Å². The van der Waals surface area contributed by atoms with Crippen LogP contribution in [0.2, 0.25) is 0 Å². The molecule has 2 amide bonds. The zero-order valence-electron chi connectivity index (χ0n) is 13.7. The van der Waals surface area contributed by atoms with Crippen LogP contribution >= 0.6 is 0 Å². The minimum atomic E-state index is -0.754. The molecular weight excluding hydrogens is 298 g/mol. The molecule has 0 aliphatic carbocycles. The van der Waals surface area contributed by atoms with E-state index >= 15 is 0 Å². The Morgan fingerprint density at radius 2 is 2.17 bits per heavy atom. The summed E-state index contributed by atoms with van der Waals surface area (Å²) in [4.78, 5) is 31.9. The lowest BCUT2D eigenvalue weighted by Gasteiger charge is -2.23. The SMILES string of the molecule is COc1ccc(C(=O)N2CC(=O)N(CC(C)C)CC(O)C2)cn1. The van der Waals surface area contributed by atoms with E-state index in [9.17, 15) is 14.7 Å². The van der Waals surface area contributed by atoms with Gasteiger partial charge in [0.1, 0.15) is 6.54 Å². The van der Waals surface area contributed by atoms with E-state index in [1.165, 1.54) is 18.2 Å². The molecule has 0 radical (unpaired) electrons. The van der Waals surface area contributed by atoms with E-state index in [1.807, 2.05) is 13.8 Å². The van der Waals surface area contributed by atoms with Crippen molar-refractivity contribution >= 4 is 11.8 Å². The molecule has 1 fully saturated rings. The van der Waals surface area contributed by atoms with Gasteiger partial charge in [-0.15, -0.1) is 0 Å². The number of ether oxygens (including phenoxy) is 1. The highest BCUT2D eigenvalue weighted by Crippen LogP contribution is 2.13. The van der Waals surface area contributed by atoms with E-state index in [0.29, 0.717) is 23.9 Å². The Hall–Kier alpha value is -2.15. The number of carbonyl (C=O) groups excluding carboxylic acids is 2. The third kappa shape index (κ3) is 4.41. The molecule has 1 unspecified atom stereocenters. The number of hydrogen-bond acceptors (Lipinski definition) is 5. The van der Waals surface area contributed by atoms with Gasteiger partial charge in [0.25, 0.3) is 5.91 Å². The topological polar surface area (TPSA) is 83.0 Å². The minimum absolute atomic E-state index is 0.0331. The van der Waals surface area contributed by atoms with Gasteiger partial charge >= 0.3 is 0 Å². The van der Waals surface area contributed by atoms with Crippen LogP contribution in [0.15, 0.2) is 18.3 Å². The molecule has 0 spiro atoms. The fourth-order valence-electron chi connectivity index (χ4n) is 2.58. The number of hydrogen-bond donors (Lipinski definition) is 1. The molecule has 1 saturated heterocycles. The Labute approximate surface area is 135 Å². The number of β-amino-alcohol motifs (C(OH)–C–C–N with tert-alkyl or cyclic N) is 1. The summed E-state index contributed by atoms with van der Waals surface area (Å²) in [6, 6.07) is 3.19. The summed E-state index contributed by atoms with van der Waals surface area (Å²) in [6.45, 7) is 4.94. The number of amides is 2. The molecule has 7 nitrogen and oxygen atoms in total. The van der Waals surface area contributed by atoms with Crippen LogP contribution in [-0.4, -0.2) is 71.1 Å². The quantitative estimate of drug-likeness (QED) is 0.867. The molecule has 1 N–H and O–H groups in total. The maximum atomic E-state index is 12.5. The lowest BCUT2D eigenvalue weighted by atomic mass is 10.2. The van der Waals surface area contributed by atoms with Gasteiger partial charge in [-0.1, -0.05) is 13.8 Å². The van der Waals surface area contributed by atoms with Gasteiger partial charge in [0.15, 0.2) is 0 Å². The monoisotopic (exact) mass is 321 g/mol. The molecule has 0 bridgehead atoms. The van der Waals surface area contributed by atoms with Crippen LogP contribution in [0.25, 0.3) is 0 Å². The molecule has 23 heavy (non-hydrogen) atoms. The number of nitrogens with zero attached hydrogens (tertiary/aromatic N) is 3. The first-order valence-electron chi connectivity index (χ1n) is 7.66. The normalized spacial score (nSPS) is 19.0. The highest BCUT2D eigenvalue weighted by Gasteiger charge is 2.30. The first-order chi connectivity index (χ1) is 10.9. The summed E-state index contributed by atoms with van der Waals surface area (Å²) in [6.07, 6.45) is 0.657. The fourth-order valence-corrected chi connectivity index (χ4v) is 2.58. The predicted molar refractivity (Wildman–Crippen MR) is 84.1 cm³/mol. The summed E-state index contributed by atoms with van der Waals surface area (Å²) in [5.41, 5.74) is 0.364.